The van der Waals surface area contributed by atoms with Crippen molar-refractivity contribution in [3.05, 3.63) is 23.7 Å². The molecule has 2 N–H and O–H groups in total. The highest BCUT2D eigenvalue weighted by Crippen LogP contribution is 2.12. The molecular weight excluding hydrogens is 264 g/mol. The van der Waals surface area contributed by atoms with Crippen LogP contribution in [0.1, 0.15) is 17.9 Å². The van der Waals surface area contributed by atoms with Gasteiger partial charge in [-0.2, -0.15) is 0 Å². The number of carbonyl (C=O) groups excluding carboxylic acids is 1. The monoisotopic (exact) mass is 282 g/mol. The number of nitrogens with zero attached hydrogens (tertiary/aromatic N) is 1. The minimum absolute atomic E-state index is 0.118. The molecular formula is C13H18N2O5. The Labute approximate surface area is 116 Å². The quantitative estimate of drug-likeness (QED) is 0.858. The van der Waals surface area contributed by atoms with Crippen molar-refractivity contribution in [2.75, 3.05) is 19.8 Å². The molecule has 0 aromatic carbocycles. The van der Waals surface area contributed by atoms with Crippen molar-refractivity contribution in [1.82, 2.24) is 10.2 Å². The van der Waals surface area contributed by atoms with E-state index in [0.717, 1.165) is 5.76 Å². The third kappa shape index (κ3) is 3.74. The standard InChI is InChI=1S/C13H18N2O5/c1-9-2-3-11(20-9)7-14-13(18)15-4-5-19-8-10(15)6-12(16)17/h2-3,10H,4-8H2,1H3,(H,14,18)(H,16,17). The Hall–Kier alpha value is -2.02. The van der Waals surface area contributed by atoms with Gasteiger partial charge in [0.2, 0.25) is 0 Å². The van der Waals surface area contributed by atoms with Crippen molar-refractivity contribution in [3.8, 4) is 0 Å². The molecule has 1 fully saturated rings. The summed E-state index contributed by atoms with van der Waals surface area (Å²) in [6, 6.07) is 2.89. The van der Waals surface area contributed by atoms with Crippen LogP contribution in [-0.4, -0.2) is 47.8 Å². The molecule has 110 valence electrons. The molecule has 0 saturated carbocycles. The van der Waals surface area contributed by atoms with Crippen LogP contribution >= 0.6 is 0 Å². The molecule has 1 aromatic heterocycles. The number of amides is 2. The summed E-state index contributed by atoms with van der Waals surface area (Å²) in [5.74, 6) is 0.503. The fraction of sp³-hybridized carbons (Fsp3) is 0.538. The van der Waals surface area contributed by atoms with Gasteiger partial charge < -0.3 is 24.5 Å². The van der Waals surface area contributed by atoms with Crippen LogP contribution < -0.4 is 5.32 Å². The molecule has 7 nitrogen and oxygen atoms in total. The Kier molecular flexibility index (Phi) is 4.62. The van der Waals surface area contributed by atoms with Gasteiger partial charge in [0.1, 0.15) is 11.5 Å². The van der Waals surface area contributed by atoms with Crippen LogP contribution in [0.3, 0.4) is 0 Å². The van der Waals surface area contributed by atoms with Gasteiger partial charge in [0.25, 0.3) is 0 Å². The van der Waals surface area contributed by atoms with Gasteiger partial charge >= 0.3 is 12.0 Å². The highest BCUT2D eigenvalue weighted by molar-refractivity contribution is 5.76. The normalized spacial score (nSPS) is 18.9. The second kappa shape index (κ2) is 6.42. The van der Waals surface area contributed by atoms with Crippen molar-refractivity contribution in [3.63, 3.8) is 0 Å². The van der Waals surface area contributed by atoms with Crippen molar-refractivity contribution in [2.45, 2.75) is 25.9 Å². The number of aryl methyl sites for hydroxylation is 1. The number of carbonyl (C=O) groups is 2. The molecule has 0 bridgehead atoms. The largest absolute Gasteiger partial charge is 0.481 e. The highest BCUT2D eigenvalue weighted by Gasteiger charge is 2.29. The Balaban J connectivity index is 1.90. The number of urea groups is 1. The van der Waals surface area contributed by atoms with Crippen molar-refractivity contribution in [1.29, 1.82) is 0 Å². The van der Waals surface area contributed by atoms with Gasteiger partial charge in [-0.05, 0) is 19.1 Å². The lowest BCUT2D eigenvalue weighted by molar-refractivity contribution is -0.139. The number of aliphatic carboxylic acids is 1. The summed E-state index contributed by atoms with van der Waals surface area (Å²) in [6.07, 6.45) is -0.118. The van der Waals surface area contributed by atoms with E-state index >= 15 is 0 Å². The maximum absolute atomic E-state index is 12.1. The minimum atomic E-state index is -0.944. The van der Waals surface area contributed by atoms with Gasteiger partial charge in [-0.1, -0.05) is 0 Å². The summed E-state index contributed by atoms with van der Waals surface area (Å²) in [7, 11) is 0. The zero-order valence-corrected chi connectivity index (χ0v) is 11.3. The number of carboxylic acids is 1. The van der Waals surface area contributed by atoms with E-state index in [1.54, 1.807) is 6.07 Å². The molecule has 2 amide bonds. The number of carboxylic acid groups (broad SMARTS) is 1. The first-order valence-corrected chi connectivity index (χ1v) is 6.45. The Morgan fingerprint density at radius 1 is 1.50 bits per heavy atom. The summed E-state index contributed by atoms with van der Waals surface area (Å²) in [5, 5.41) is 11.6. The third-order valence-corrected chi connectivity index (χ3v) is 3.11. The Bertz CT molecular complexity index is 485. The molecule has 1 atom stereocenters. The number of morpholine rings is 1. The smallest absolute Gasteiger partial charge is 0.318 e. The number of hydrogen-bond donors (Lipinski definition) is 2. The van der Waals surface area contributed by atoms with Gasteiger partial charge in [-0.3, -0.25) is 4.79 Å². The van der Waals surface area contributed by atoms with Crippen LogP contribution in [0.2, 0.25) is 0 Å². The van der Waals surface area contributed by atoms with Gasteiger partial charge in [0.15, 0.2) is 0 Å². The van der Waals surface area contributed by atoms with E-state index in [-0.39, 0.29) is 25.6 Å². The number of ether oxygens (including phenoxy) is 1. The van der Waals surface area contributed by atoms with E-state index in [9.17, 15) is 9.59 Å². The number of furan rings is 1. The molecule has 1 unspecified atom stereocenters. The lowest BCUT2D eigenvalue weighted by Gasteiger charge is -2.34. The molecule has 20 heavy (non-hydrogen) atoms. The van der Waals surface area contributed by atoms with E-state index < -0.39 is 12.0 Å². The summed E-state index contributed by atoms with van der Waals surface area (Å²) in [4.78, 5) is 24.4. The zero-order valence-electron chi connectivity index (χ0n) is 11.3. The van der Waals surface area contributed by atoms with E-state index in [4.69, 9.17) is 14.3 Å². The molecule has 0 radical (unpaired) electrons. The zero-order chi connectivity index (χ0) is 14.5. The second-order valence-electron chi connectivity index (χ2n) is 4.69. The van der Waals surface area contributed by atoms with E-state index in [2.05, 4.69) is 5.32 Å². The van der Waals surface area contributed by atoms with E-state index in [1.807, 2.05) is 13.0 Å². The first-order valence-electron chi connectivity index (χ1n) is 6.45. The number of hydrogen-bond acceptors (Lipinski definition) is 4. The SMILES string of the molecule is Cc1ccc(CNC(=O)N2CCOCC2CC(=O)O)o1. The minimum Gasteiger partial charge on any atom is -0.481 e. The average Bonchev–Trinajstić information content (AvgIpc) is 2.82. The van der Waals surface area contributed by atoms with Crippen molar-refractivity contribution >= 4 is 12.0 Å². The molecule has 0 aliphatic carbocycles. The van der Waals surface area contributed by atoms with Gasteiger partial charge in [0, 0.05) is 6.54 Å². The van der Waals surface area contributed by atoms with Crippen molar-refractivity contribution in [2.24, 2.45) is 0 Å². The Morgan fingerprint density at radius 3 is 2.95 bits per heavy atom. The molecule has 1 aliphatic rings. The molecule has 1 aromatic rings. The molecule has 7 heteroatoms. The molecule has 1 saturated heterocycles. The van der Waals surface area contributed by atoms with Crippen LogP contribution in [0.15, 0.2) is 16.5 Å². The predicted octanol–water partition coefficient (Wildman–Crippen LogP) is 0.973. The number of rotatable bonds is 4. The first kappa shape index (κ1) is 14.4. The average molecular weight is 282 g/mol. The molecule has 1 aliphatic heterocycles. The summed E-state index contributed by atoms with van der Waals surface area (Å²) in [5.41, 5.74) is 0. The van der Waals surface area contributed by atoms with E-state index in [0.29, 0.717) is 18.9 Å². The fourth-order valence-corrected chi connectivity index (χ4v) is 2.14. The highest BCUT2D eigenvalue weighted by atomic mass is 16.5. The lowest BCUT2D eigenvalue weighted by atomic mass is 10.1. The van der Waals surface area contributed by atoms with E-state index in [1.165, 1.54) is 4.90 Å². The maximum Gasteiger partial charge on any atom is 0.318 e. The van der Waals surface area contributed by atoms with Crippen LogP contribution in [0, 0.1) is 6.92 Å². The number of nitrogens with one attached hydrogen (secondary N) is 1. The summed E-state index contributed by atoms with van der Waals surface area (Å²) < 4.78 is 10.6. The van der Waals surface area contributed by atoms with Gasteiger partial charge in [-0.15, -0.1) is 0 Å². The lowest BCUT2D eigenvalue weighted by Crippen LogP contribution is -2.52. The van der Waals surface area contributed by atoms with Crippen LogP contribution in [0.25, 0.3) is 0 Å². The second-order valence-corrected chi connectivity index (χ2v) is 4.69. The summed E-state index contributed by atoms with van der Waals surface area (Å²) >= 11 is 0. The molecule has 2 heterocycles. The first-order chi connectivity index (χ1) is 9.56. The Morgan fingerprint density at radius 2 is 2.30 bits per heavy atom. The maximum atomic E-state index is 12.1. The van der Waals surface area contributed by atoms with Gasteiger partial charge in [-0.25, -0.2) is 4.79 Å². The molecule has 0 spiro atoms. The third-order valence-electron chi connectivity index (χ3n) is 3.11. The van der Waals surface area contributed by atoms with Gasteiger partial charge in [0.05, 0.1) is 32.2 Å². The van der Waals surface area contributed by atoms with Crippen molar-refractivity contribution < 1.29 is 23.8 Å². The summed E-state index contributed by atoms with van der Waals surface area (Å²) in [6.45, 7) is 3.17. The predicted molar refractivity (Wildman–Crippen MR) is 69.2 cm³/mol. The van der Waals surface area contributed by atoms with Crippen LogP contribution in [0.5, 0.6) is 0 Å². The fourth-order valence-electron chi connectivity index (χ4n) is 2.14. The van der Waals surface area contributed by atoms with Crippen LogP contribution in [0.4, 0.5) is 4.79 Å². The topological polar surface area (TPSA) is 92.0 Å². The van der Waals surface area contributed by atoms with Crippen LogP contribution in [-0.2, 0) is 16.1 Å². The molecule has 2 rings (SSSR count).